The summed E-state index contributed by atoms with van der Waals surface area (Å²) in [5, 5.41) is 3.92. The first-order valence-corrected chi connectivity index (χ1v) is 14.6. The number of nitrogens with one attached hydrogen (secondary N) is 1. The van der Waals surface area contributed by atoms with Gasteiger partial charge < -0.3 is 15.1 Å². The molecule has 0 saturated carbocycles. The molecule has 0 spiro atoms. The van der Waals surface area contributed by atoms with Crippen LogP contribution in [0.3, 0.4) is 0 Å². The molecule has 0 radical (unpaired) electrons. The second kappa shape index (κ2) is 11.1. The summed E-state index contributed by atoms with van der Waals surface area (Å²) < 4.78 is 15.5. The third-order valence-corrected chi connectivity index (χ3v) is 7.90. The minimum Gasteiger partial charge on any atom is -0.351 e. The van der Waals surface area contributed by atoms with Crippen LogP contribution in [0.5, 0.6) is 0 Å². The van der Waals surface area contributed by atoms with Gasteiger partial charge in [-0.15, -0.1) is 0 Å². The van der Waals surface area contributed by atoms with Crippen LogP contribution < -0.4 is 10.2 Å². The van der Waals surface area contributed by atoms with Gasteiger partial charge in [-0.05, 0) is 59.8 Å². The van der Waals surface area contributed by atoms with Crippen LogP contribution in [-0.2, 0) is 0 Å². The maximum absolute atomic E-state index is 15.0. The molecule has 1 N–H and O–H groups in total. The molecule has 206 valence electrons. The molecule has 2 aliphatic heterocycles. The topological polar surface area (TPSA) is 69.5 Å². The van der Waals surface area contributed by atoms with Crippen LogP contribution in [0.15, 0.2) is 40.1 Å². The molecule has 2 aromatic heterocycles. The molecule has 2 atom stereocenters. The van der Waals surface area contributed by atoms with Gasteiger partial charge in [-0.3, -0.25) is 0 Å². The first-order valence-electron chi connectivity index (χ1n) is 13.4. The van der Waals surface area contributed by atoms with Gasteiger partial charge in [0.15, 0.2) is 4.73 Å². The Hall–Kier alpha value is -2.62. The van der Waals surface area contributed by atoms with Gasteiger partial charge in [0.1, 0.15) is 24.1 Å². The van der Waals surface area contributed by atoms with Crippen molar-refractivity contribution in [3.8, 4) is 11.3 Å². The molecule has 10 heteroatoms. The molecule has 5 rings (SSSR count). The SMILES string of the molecule is CC(C)c1nc(Br)nc(C(C)C)c1N1CN=C(N2C[C@@H](C)NC[C@@H]2C)c2cc(Cl)c(-c3ccccc3F)nc21. The summed E-state index contributed by atoms with van der Waals surface area (Å²) in [7, 11) is 0. The van der Waals surface area contributed by atoms with Crippen LogP contribution in [0.25, 0.3) is 11.3 Å². The Labute approximate surface area is 243 Å². The summed E-state index contributed by atoms with van der Waals surface area (Å²) in [6, 6.07) is 9.03. The highest BCUT2D eigenvalue weighted by atomic mass is 79.9. The van der Waals surface area contributed by atoms with E-state index in [-0.39, 0.29) is 23.7 Å². The van der Waals surface area contributed by atoms with Crippen molar-refractivity contribution < 1.29 is 4.39 Å². The lowest BCUT2D eigenvalue weighted by Crippen LogP contribution is -2.57. The zero-order valence-corrected chi connectivity index (χ0v) is 25.5. The van der Waals surface area contributed by atoms with E-state index in [9.17, 15) is 4.39 Å². The van der Waals surface area contributed by atoms with Crippen LogP contribution in [-0.4, -0.2) is 57.5 Å². The number of nitrogens with zero attached hydrogens (tertiary/aromatic N) is 6. The predicted octanol–water partition coefficient (Wildman–Crippen LogP) is 6.88. The fraction of sp³-hybridized carbons (Fsp3) is 0.448. The molecular weight excluding hydrogens is 581 g/mol. The second-order valence-corrected chi connectivity index (χ2v) is 12.1. The maximum Gasteiger partial charge on any atom is 0.197 e. The smallest absolute Gasteiger partial charge is 0.197 e. The molecule has 2 aliphatic rings. The lowest BCUT2D eigenvalue weighted by Gasteiger charge is -2.42. The molecule has 7 nitrogen and oxygen atoms in total. The molecule has 0 aliphatic carbocycles. The van der Waals surface area contributed by atoms with E-state index in [4.69, 9.17) is 31.5 Å². The van der Waals surface area contributed by atoms with Crippen molar-refractivity contribution in [2.45, 2.75) is 65.5 Å². The minimum absolute atomic E-state index is 0.123. The molecule has 39 heavy (non-hydrogen) atoms. The average molecular weight is 615 g/mol. The number of benzene rings is 1. The van der Waals surface area contributed by atoms with Gasteiger partial charge in [-0.1, -0.05) is 51.4 Å². The summed E-state index contributed by atoms with van der Waals surface area (Å²) in [6.07, 6.45) is 0. The van der Waals surface area contributed by atoms with Crippen LogP contribution in [0, 0.1) is 5.82 Å². The number of anilines is 2. The standard InChI is InChI=1S/C29H34BrClFN7/c1-15(2)23-26(24(16(3)4)37-29(30)36-23)39-14-34-27(38-13-17(5)33-12-18(38)6)20-11-21(31)25(35-28(20)39)19-9-7-8-10-22(19)32/h7-11,15-18,33H,12-14H2,1-6H3/t17-,18+/m1/s1. The van der Waals surface area contributed by atoms with Gasteiger partial charge in [-0.25, -0.2) is 24.3 Å². The molecule has 1 aromatic carbocycles. The highest BCUT2D eigenvalue weighted by Gasteiger charge is 2.35. The number of rotatable bonds is 4. The van der Waals surface area contributed by atoms with Gasteiger partial charge in [0.05, 0.1) is 33.4 Å². The summed E-state index contributed by atoms with van der Waals surface area (Å²) in [4.78, 5) is 24.2. The fourth-order valence-electron chi connectivity index (χ4n) is 5.26. The number of pyridine rings is 1. The van der Waals surface area contributed by atoms with Gasteiger partial charge in [0.2, 0.25) is 0 Å². The largest absolute Gasteiger partial charge is 0.351 e. The number of hydrogen-bond donors (Lipinski definition) is 1. The van der Waals surface area contributed by atoms with Crippen LogP contribution in [0.2, 0.25) is 5.02 Å². The van der Waals surface area contributed by atoms with Gasteiger partial charge in [0.25, 0.3) is 0 Å². The lowest BCUT2D eigenvalue weighted by molar-refractivity contribution is 0.234. The van der Waals surface area contributed by atoms with Gasteiger partial charge >= 0.3 is 0 Å². The fourth-order valence-corrected chi connectivity index (χ4v) is 5.90. The zero-order valence-electron chi connectivity index (χ0n) is 23.1. The number of aromatic nitrogens is 3. The van der Waals surface area contributed by atoms with Crippen molar-refractivity contribution in [2.24, 2.45) is 4.99 Å². The summed E-state index contributed by atoms with van der Waals surface area (Å²) >= 11 is 10.4. The third-order valence-electron chi connectivity index (χ3n) is 7.25. The Kier molecular flexibility index (Phi) is 7.95. The summed E-state index contributed by atoms with van der Waals surface area (Å²) in [5.74, 6) is 1.41. The van der Waals surface area contributed by atoms with E-state index in [2.05, 4.69) is 72.6 Å². The number of piperazine rings is 1. The second-order valence-electron chi connectivity index (χ2n) is 11.0. The first kappa shape index (κ1) is 27.9. The molecule has 3 aromatic rings. The van der Waals surface area contributed by atoms with E-state index in [0.29, 0.717) is 39.5 Å². The van der Waals surface area contributed by atoms with Crippen molar-refractivity contribution in [1.29, 1.82) is 0 Å². The van der Waals surface area contributed by atoms with Crippen molar-refractivity contribution in [3.05, 3.63) is 62.9 Å². The molecule has 0 bridgehead atoms. The molecule has 1 fully saturated rings. The van der Waals surface area contributed by atoms with E-state index in [1.807, 2.05) is 6.07 Å². The molecule has 1 saturated heterocycles. The third kappa shape index (κ3) is 5.28. The Morgan fingerprint density at radius 1 is 1.03 bits per heavy atom. The molecule has 0 unspecified atom stereocenters. The van der Waals surface area contributed by atoms with Gasteiger partial charge in [-0.2, -0.15) is 0 Å². The van der Waals surface area contributed by atoms with Crippen molar-refractivity contribution in [2.75, 3.05) is 24.7 Å². The Bertz CT molecular complexity index is 1400. The Balaban J connectivity index is 1.77. The monoisotopic (exact) mass is 613 g/mol. The van der Waals surface area contributed by atoms with E-state index < -0.39 is 0 Å². The number of amidine groups is 1. The van der Waals surface area contributed by atoms with Crippen molar-refractivity contribution >= 4 is 44.9 Å². The quantitative estimate of drug-likeness (QED) is 0.323. The Morgan fingerprint density at radius 2 is 1.69 bits per heavy atom. The van der Waals surface area contributed by atoms with E-state index in [1.165, 1.54) is 6.07 Å². The summed E-state index contributed by atoms with van der Waals surface area (Å²) in [5.41, 5.74) is 4.27. The van der Waals surface area contributed by atoms with E-state index in [0.717, 1.165) is 41.6 Å². The minimum atomic E-state index is -0.370. The molecular formula is C29H34BrClFN7. The highest BCUT2D eigenvalue weighted by molar-refractivity contribution is 9.10. The van der Waals surface area contributed by atoms with Crippen LogP contribution in [0.4, 0.5) is 15.9 Å². The van der Waals surface area contributed by atoms with Crippen LogP contribution in [0.1, 0.15) is 70.3 Å². The van der Waals surface area contributed by atoms with Gasteiger partial charge in [0, 0.05) is 30.7 Å². The highest BCUT2D eigenvalue weighted by Crippen LogP contribution is 2.42. The predicted molar refractivity (Wildman–Crippen MR) is 160 cm³/mol. The number of halogens is 3. The normalized spacial score (nSPS) is 19.5. The summed E-state index contributed by atoms with van der Waals surface area (Å²) in [6.45, 7) is 14.8. The van der Waals surface area contributed by atoms with E-state index in [1.54, 1.807) is 18.2 Å². The van der Waals surface area contributed by atoms with Crippen LogP contribution >= 0.6 is 27.5 Å². The molecule has 0 amide bonds. The number of fused-ring (bicyclic) bond motifs is 1. The number of hydrogen-bond acceptors (Lipinski definition) is 7. The first-order chi connectivity index (χ1) is 18.6. The zero-order chi connectivity index (χ0) is 28.0. The average Bonchev–Trinajstić information content (AvgIpc) is 2.89. The van der Waals surface area contributed by atoms with E-state index >= 15 is 0 Å². The Morgan fingerprint density at radius 3 is 2.33 bits per heavy atom. The van der Waals surface area contributed by atoms with Crippen molar-refractivity contribution in [3.63, 3.8) is 0 Å². The van der Waals surface area contributed by atoms with Crippen molar-refractivity contribution in [1.82, 2.24) is 25.2 Å². The number of aliphatic imine (C=N–C) groups is 1. The molecule has 4 heterocycles. The lowest BCUT2D eigenvalue weighted by atomic mass is 9.99. The maximum atomic E-state index is 15.0.